The maximum absolute atomic E-state index is 17.1. The molecule has 4 fully saturated rings. The second-order valence-corrected chi connectivity index (χ2v) is 21.0. The van der Waals surface area contributed by atoms with E-state index in [1.54, 1.807) is 45.9 Å². The number of sulfonamides is 1. The second-order valence-electron chi connectivity index (χ2n) is 18.8. The van der Waals surface area contributed by atoms with Gasteiger partial charge >= 0.3 is 6.09 Å². The van der Waals surface area contributed by atoms with Gasteiger partial charge in [0.25, 0.3) is 5.91 Å². The molecule has 1 saturated heterocycles. The Morgan fingerprint density at radius 3 is 2.47 bits per heavy atom. The summed E-state index contributed by atoms with van der Waals surface area (Å²) in [5.74, 6) is -1.69. The highest BCUT2D eigenvalue weighted by atomic mass is 32.2. The number of rotatable bonds is 6. The minimum atomic E-state index is -4.05. The van der Waals surface area contributed by atoms with Crippen molar-refractivity contribution in [1.82, 2.24) is 25.2 Å². The summed E-state index contributed by atoms with van der Waals surface area (Å²) in [6.45, 7) is 6.55. The summed E-state index contributed by atoms with van der Waals surface area (Å²) in [6, 6.07) is 2.96. The van der Waals surface area contributed by atoms with Crippen molar-refractivity contribution in [1.29, 1.82) is 0 Å². The molecule has 3 aliphatic carbocycles. The maximum Gasteiger partial charge on any atom is 0.408 e. The van der Waals surface area contributed by atoms with Gasteiger partial charge in [-0.25, -0.2) is 22.6 Å². The molecule has 0 bridgehead atoms. The van der Waals surface area contributed by atoms with Crippen molar-refractivity contribution in [3.63, 3.8) is 0 Å². The van der Waals surface area contributed by atoms with Crippen molar-refractivity contribution in [2.24, 2.45) is 5.92 Å². The Kier molecular flexibility index (Phi) is 10.4. The van der Waals surface area contributed by atoms with E-state index in [4.69, 9.17) is 19.2 Å². The molecule has 0 radical (unpaired) electrons. The van der Waals surface area contributed by atoms with Crippen LogP contribution in [0.2, 0.25) is 0 Å². The van der Waals surface area contributed by atoms with Gasteiger partial charge in [-0.05, 0) is 104 Å². The molecule has 1 spiro atoms. The number of amides is 4. The van der Waals surface area contributed by atoms with Gasteiger partial charge in [-0.15, -0.1) is 0 Å². The molecule has 8 rings (SSSR count). The summed E-state index contributed by atoms with van der Waals surface area (Å²) in [4.78, 5) is 63.5. The smallest absolute Gasteiger partial charge is 0.408 e. The molecule has 1 aromatic carbocycles. The van der Waals surface area contributed by atoms with Crippen LogP contribution in [-0.4, -0.2) is 89.3 Å². The van der Waals surface area contributed by atoms with E-state index in [1.165, 1.54) is 12.0 Å². The number of hydrogen-bond donors (Lipinski definition) is 3. The highest BCUT2D eigenvalue weighted by molar-refractivity contribution is 7.91. The molecule has 4 heterocycles. The Balaban J connectivity index is 1.18. The van der Waals surface area contributed by atoms with Gasteiger partial charge in [0.15, 0.2) is 0 Å². The third-order valence-electron chi connectivity index (χ3n) is 13.1. The van der Waals surface area contributed by atoms with Gasteiger partial charge in [0.05, 0.1) is 29.6 Å². The molecular formula is C43H56FN5O9S. The van der Waals surface area contributed by atoms with Crippen LogP contribution in [0.1, 0.15) is 135 Å². The number of fused-ring (bicyclic) bond motifs is 5. The number of nitrogens with zero attached hydrogens (tertiary/aromatic N) is 2. The summed E-state index contributed by atoms with van der Waals surface area (Å²) in [5, 5.41) is 6.27. The standard InChI is InChI=1S/C43H56FN5O9S/c1-40(2,3)58-39(53)46-31-12-10-8-6-7-9-11-26-17-18-43(26,38(52)48-59(54,55)41(4)19-20-41)47-36(50)32-23-42(24-49(32)37(31)51)22-29(44)33-28-21-27(56-5)15-16-30(28)45-34(25-13-14-25)35(33)57-42/h9,11,15-16,21,25-26,29,31-32H,6-8,10,12-14,17-20,22-24H2,1-5H3,(H,46,53)(H,47,50)(H,48,52)/b11-9-/t26-,29-,31+,32+,42-,43-/m1/s1. The number of methoxy groups -OCH3 is 1. The number of nitrogens with one attached hydrogen (secondary N) is 3. The Morgan fingerprint density at radius 2 is 1.81 bits per heavy atom. The Labute approximate surface area is 344 Å². The maximum atomic E-state index is 17.1. The van der Waals surface area contributed by atoms with Crippen LogP contribution < -0.4 is 24.8 Å². The minimum Gasteiger partial charge on any atom is -0.497 e. The molecule has 320 valence electrons. The van der Waals surface area contributed by atoms with Crippen molar-refractivity contribution in [2.45, 2.75) is 157 Å². The minimum absolute atomic E-state index is 0.0629. The SMILES string of the molecule is COc1ccc2nc(C3CC3)c3c(c2c1)[C@H](F)C[C@]1(C[C@H]2C(=O)N[C@]4(C(=O)NS(=O)(=O)C5(C)CC5)CC[C@H]4/C=C\CCCCC[C@H](NC(=O)OC(C)(C)C)C(=O)N2C1)O3. The molecule has 3 N–H and O–H groups in total. The summed E-state index contributed by atoms with van der Waals surface area (Å²) in [7, 11) is -2.52. The molecule has 6 aliphatic rings. The zero-order valence-corrected chi connectivity index (χ0v) is 35.3. The summed E-state index contributed by atoms with van der Waals surface area (Å²) in [6.07, 6.45) is 7.37. The Bertz CT molecular complexity index is 2200. The topological polar surface area (TPSA) is 182 Å². The molecule has 59 heavy (non-hydrogen) atoms. The van der Waals surface area contributed by atoms with Crippen molar-refractivity contribution in [3.8, 4) is 11.5 Å². The number of allylic oxidation sites excluding steroid dienone is 1. The van der Waals surface area contributed by atoms with E-state index >= 15 is 4.39 Å². The van der Waals surface area contributed by atoms with Gasteiger partial charge in [0.2, 0.25) is 21.8 Å². The summed E-state index contributed by atoms with van der Waals surface area (Å²) < 4.78 is 63.0. The number of benzene rings is 1. The average molecular weight is 838 g/mol. The van der Waals surface area contributed by atoms with Crippen LogP contribution in [0.25, 0.3) is 10.9 Å². The van der Waals surface area contributed by atoms with Gasteiger partial charge in [-0.2, -0.15) is 0 Å². The van der Waals surface area contributed by atoms with Crippen molar-refractivity contribution < 1.29 is 46.2 Å². The molecule has 3 aliphatic heterocycles. The molecule has 0 unspecified atom stereocenters. The van der Waals surface area contributed by atoms with Crippen molar-refractivity contribution >= 4 is 44.7 Å². The van der Waals surface area contributed by atoms with Gasteiger partial charge in [0, 0.05) is 35.6 Å². The molecule has 14 nitrogen and oxygen atoms in total. The van der Waals surface area contributed by atoms with Crippen LogP contribution in [0.15, 0.2) is 30.4 Å². The highest BCUT2D eigenvalue weighted by Gasteiger charge is 2.60. The normalized spacial score (nSPS) is 31.2. The number of alkyl carbamates (subject to hydrolysis) is 1. The monoisotopic (exact) mass is 837 g/mol. The predicted octanol–water partition coefficient (Wildman–Crippen LogP) is 5.93. The van der Waals surface area contributed by atoms with Crippen LogP contribution in [0.5, 0.6) is 11.5 Å². The fourth-order valence-corrected chi connectivity index (χ4v) is 10.5. The Hall–Kier alpha value is -4.47. The summed E-state index contributed by atoms with van der Waals surface area (Å²) >= 11 is 0. The Morgan fingerprint density at radius 1 is 1.05 bits per heavy atom. The number of carbonyl (C=O) groups is 4. The lowest BCUT2D eigenvalue weighted by molar-refractivity contribution is -0.144. The van der Waals surface area contributed by atoms with E-state index in [-0.39, 0.29) is 38.1 Å². The highest BCUT2D eigenvalue weighted by Crippen LogP contribution is 2.55. The zero-order valence-electron chi connectivity index (χ0n) is 34.5. The third kappa shape index (κ3) is 7.85. The first-order valence-electron chi connectivity index (χ1n) is 21.1. The van der Waals surface area contributed by atoms with Gasteiger partial charge in [0.1, 0.15) is 46.5 Å². The number of pyridine rings is 1. The average Bonchev–Trinajstić information content (AvgIpc) is 4.10. The zero-order chi connectivity index (χ0) is 42.1. The van der Waals surface area contributed by atoms with E-state index in [0.29, 0.717) is 65.8 Å². The van der Waals surface area contributed by atoms with Gasteiger partial charge < -0.3 is 29.7 Å². The number of ether oxygens (including phenoxy) is 3. The second kappa shape index (κ2) is 14.9. The number of hydrogen-bond acceptors (Lipinski definition) is 10. The number of carbonyl (C=O) groups excluding carboxylic acids is 4. The molecule has 2 aromatic rings. The largest absolute Gasteiger partial charge is 0.497 e. The lowest BCUT2D eigenvalue weighted by Crippen LogP contribution is -2.70. The van der Waals surface area contributed by atoms with Gasteiger partial charge in [-0.3, -0.25) is 19.1 Å². The van der Waals surface area contributed by atoms with E-state index in [2.05, 4.69) is 15.4 Å². The molecule has 1 aromatic heterocycles. The van der Waals surface area contributed by atoms with E-state index < -0.39 is 79.5 Å². The van der Waals surface area contributed by atoms with Crippen LogP contribution >= 0.6 is 0 Å². The first-order valence-corrected chi connectivity index (χ1v) is 22.5. The lowest BCUT2D eigenvalue weighted by atomic mass is 9.65. The van der Waals surface area contributed by atoms with Crippen LogP contribution in [0.4, 0.5) is 9.18 Å². The lowest BCUT2D eigenvalue weighted by Gasteiger charge is -2.48. The molecule has 3 saturated carbocycles. The number of halogens is 1. The van der Waals surface area contributed by atoms with Crippen molar-refractivity contribution in [3.05, 3.63) is 41.6 Å². The first-order chi connectivity index (χ1) is 27.9. The van der Waals surface area contributed by atoms with E-state index in [9.17, 15) is 27.6 Å². The van der Waals surface area contributed by atoms with E-state index in [0.717, 1.165) is 25.7 Å². The van der Waals surface area contributed by atoms with Crippen molar-refractivity contribution in [2.75, 3.05) is 13.7 Å². The van der Waals surface area contributed by atoms with E-state index in [1.807, 2.05) is 12.2 Å². The molecule has 16 heteroatoms. The van der Waals surface area contributed by atoms with Crippen LogP contribution in [0.3, 0.4) is 0 Å². The molecular weight excluding hydrogens is 782 g/mol. The van der Waals surface area contributed by atoms with Crippen LogP contribution in [-0.2, 0) is 29.1 Å². The molecule has 6 atom stereocenters. The quantitative estimate of drug-likeness (QED) is 0.295. The fourth-order valence-electron chi connectivity index (χ4n) is 9.16. The number of aromatic nitrogens is 1. The fraction of sp³-hybridized carbons (Fsp3) is 0.651. The summed E-state index contributed by atoms with van der Waals surface area (Å²) in [5.41, 5.74) is -2.25. The van der Waals surface area contributed by atoms with Gasteiger partial charge in [-0.1, -0.05) is 25.0 Å². The third-order valence-corrected chi connectivity index (χ3v) is 15.3. The number of alkyl halides is 1. The first kappa shape index (κ1) is 41.3. The predicted molar refractivity (Wildman–Crippen MR) is 216 cm³/mol. The van der Waals surface area contributed by atoms with Crippen LogP contribution in [0, 0.1) is 5.92 Å². The molecule has 4 amide bonds.